The fourth-order valence-corrected chi connectivity index (χ4v) is 15.3. The lowest BCUT2D eigenvalue weighted by atomic mass is 9.95. The van der Waals surface area contributed by atoms with Crippen molar-refractivity contribution in [3.8, 4) is 23.0 Å². The van der Waals surface area contributed by atoms with E-state index in [1.54, 1.807) is 34.1 Å². The summed E-state index contributed by atoms with van der Waals surface area (Å²) in [5.41, 5.74) is 7.39. The predicted molar refractivity (Wildman–Crippen MR) is 371 cm³/mol. The van der Waals surface area contributed by atoms with E-state index in [2.05, 4.69) is 11.6 Å². The van der Waals surface area contributed by atoms with Gasteiger partial charge >= 0.3 is 6.09 Å². The Hall–Kier alpha value is -7.90. The van der Waals surface area contributed by atoms with Crippen molar-refractivity contribution in [1.29, 1.82) is 0 Å². The molecule has 502 valence electrons. The molecule has 6 aromatic rings. The summed E-state index contributed by atoms with van der Waals surface area (Å²) in [5.74, 6) is 2.44. The molecule has 7 heterocycles. The highest BCUT2D eigenvalue weighted by Crippen LogP contribution is 2.48. The number of piperidine rings is 2. The van der Waals surface area contributed by atoms with Gasteiger partial charge in [0.25, 0.3) is 11.8 Å². The minimum atomic E-state index is -0.811. The maximum absolute atomic E-state index is 14.2. The van der Waals surface area contributed by atoms with Crippen LogP contribution >= 0.6 is 23.2 Å². The van der Waals surface area contributed by atoms with Gasteiger partial charge in [0.2, 0.25) is 11.8 Å². The zero-order chi connectivity index (χ0) is 66.3. The summed E-state index contributed by atoms with van der Waals surface area (Å²) in [4.78, 5) is 81.4. The van der Waals surface area contributed by atoms with Crippen LogP contribution in [0.1, 0.15) is 164 Å². The lowest BCUT2D eigenvalue weighted by Crippen LogP contribution is -2.57. The van der Waals surface area contributed by atoms with E-state index in [1.165, 1.54) is 11.0 Å². The summed E-state index contributed by atoms with van der Waals surface area (Å²) in [6.07, 6.45) is 15.0. The smallest absolute Gasteiger partial charge is 0.416 e. The number of hydrogen-bond donors (Lipinski definition) is 2. The number of aryl methyl sites for hydroxylation is 2. The number of rotatable bonds is 20. The fourth-order valence-electron chi connectivity index (χ4n) is 14.8. The Morgan fingerprint density at radius 2 is 1.19 bits per heavy atom. The maximum Gasteiger partial charge on any atom is 0.416 e. The largest absolute Gasteiger partial charge is 0.507 e. The summed E-state index contributed by atoms with van der Waals surface area (Å²) in [7, 11) is 0. The average Bonchev–Trinajstić information content (AvgIpc) is 1.73. The zero-order valence-electron chi connectivity index (χ0n) is 54.4. The van der Waals surface area contributed by atoms with Gasteiger partial charge in [0.15, 0.2) is 12.5 Å². The van der Waals surface area contributed by atoms with Crippen molar-refractivity contribution in [1.82, 2.24) is 9.80 Å². The van der Waals surface area contributed by atoms with E-state index in [0.29, 0.717) is 118 Å². The molecule has 0 saturated carbocycles. The number of carbonyl (C=O) groups is 5. The number of halogens is 2. The molecule has 18 nitrogen and oxygen atoms in total. The van der Waals surface area contributed by atoms with Gasteiger partial charge in [-0.1, -0.05) is 61.2 Å². The minimum absolute atomic E-state index is 0.000804. The number of aliphatic imine (C=N–C) groups is 1. The first kappa shape index (κ1) is 67.1. The van der Waals surface area contributed by atoms with Crippen molar-refractivity contribution in [2.75, 3.05) is 79.1 Å². The summed E-state index contributed by atoms with van der Waals surface area (Å²) in [5, 5.41) is 24.8. The number of benzene rings is 6. The van der Waals surface area contributed by atoms with Gasteiger partial charge in [-0.05, 0) is 155 Å². The van der Waals surface area contributed by atoms with Crippen molar-refractivity contribution in [2.24, 2.45) is 4.99 Å². The summed E-state index contributed by atoms with van der Waals surface area (Å²) >= 11 is 12.7. The van der Waals surface area contributed by atoms with Gasteiger partial charge in [-0.2, -0.15) is 0 Å². The number of carbonyl (C=O) groups excluding carboxylic acids is 5. The van der Waals surface area contributed by atoms with Crippen LogP contribution in [0.3, 0.4) is 0 Å². The monoisotopic (exact) mass is 1330 g/mol. The molecule has 7 aliphatic rings. The topological polar surface area (TPSA) is 201 Å². The molecule has 5 amide bonds. The van der Waals surface area contributed by atoms with Crippen LogP contribution in [0.2, 0.25) is 0 Å². The molecule has 3 fully saturated rings. The van der Waals surface area contributed by atoms with Crippen molar-refractivity contribution < 1.29 is 57.9 Å². The molecule has 6 aromatic carbocycles. The van der Waals surface area contributed by atoms with E-state index in [1.807, 2.05) is 90.5 Å². The standard InChI is InChI=1S/C42H50ClN3O8.C33H36ClN3O4/c1-3-19-53-42(50)46-33-24-36(27(2)22-31(33)40(49)44-18-10-8-15-32(44)41(46)54-38-17-9-12-21-52-38)51-20-11-4-5-16-37(48)45-26-28(25-43)39-30-14-7-6-13-29(30)35(47)23-34(39)45;1-21-15-26-27(35-19-23-9-6-7-13-36(23)33(26)40)16-30(21)41-14-8-2-3-12-31(39)37-20-22(18-34)32-25-11-5-4-10-24(25)29(38)17-28(32)37/h3,6-7,13-14,22-24,28,32,38,41,47H,1,4-5,8-12,15-21,25-26H2,2H3;4-5,10-11,15-17,19,22-23,38H,2-3,6-9,12-14,18,20H2,1H3/t28-,32+,38?,41+;22-,23+/m11/s1. The normalized spacial score (nSPS) is 21.2. The number of aromatic hydroxyl groups is 2. The maximum atomic E-state index is 14.2. The highest BCUT2D eigenvalue weighted by Gasteiger charge is 2.47. The van der Waals surface area contributed by atoms with Gasteiger partial charge in [0, 0.05) is 110 Å². The van der Waals surface area contributed by atoms with Crippen LogP contribution in [-0.4, -0.2) is 145 Å². The molecule has 0 aliphatic carbocycles. The van der Waals surface area contributed by atoms with Crippen LogP contribution in [0.15, 0.2) is 103 Å². The van der Waals surface area contributed by atoms with Crippen molar-refractivity contribution in [3.63, 3.8) is 0 Å². The summed E-state index contributed by atoms with van der Waals surface area (Å²) < 4.78 is 30.6. The molecule has 3 saturated heterocycles. The van der Waals surface area contributed by atoms with Gasteiger partial charge < -0.3 is 53.5 Å². The van der Waals surface area contributed by atoms with Crippen molar-refractivity contribution in [2.45, 2.75) is 159 Å². The van der Waals surface area contributed by atoms with E-state index >= 15 is 0 Å². The van der Waals surface area contributed by atoms with E-state index in [4.69, 9.17) is 46.9 Å². The van der Waals surface area contributed by atoms with Crippen molar-refractivity contribution >= 4 is 103 Å². The van der Waals surface area contributed by atoms with E-state index < -0.39 is 18.6 Å². The highest BCUT2D eigenvalue weighted by molar-refractivity contribution is 6.19. The molecule has 20 heteroatoms. The van der Waals surface area contributed by atoms with E-state index in [0.717, 1.165) is 138 Å². The third-order valence-corrected chi connectivity index (χ3v) is 20.4. The summed E-state index contributed by atoms with van der Waals surface area (Å²) in [6.45, 7) is 11.4. The predicted octanol–water partition coefficient (Wildman–Crippen LogP) is 15.0. The Labute approximate surface area is 565 Å². The van der Waals surface area contributed by atoms with Gasteiger partial charge in [-0.3, -0.25) is 24.2 Å². The first-order valence-electron chi connectivity index (χ1n) is 34.0. The quantitative estimate of drug-likeness (QED) is 0.0417. The van der Waals surface area contributed by atoms with Crippen LogP contribution in [-0.2, 0) is 23.8 Å². The number of nitrogens with zero attached hydrogens (tertiary/aromatic N) is 6. The lowest BCUT2D eigenvalue weighted by molar-refractivity contribution is -0.198. The number of alkyl halides is 2. The molecule has 6 atom stereocenters. The molecule has 2 N–H and O–H groups in total. The van der Waals surface area contributed by atoms with Crippen LogP contribution in [0.4, 0.5) is 27.5 Å². The molecular formula is C75H86Cl2N6O12. The fraction of sp³-hybridized carbons (Fsp3) is 0.467. The highest BCUT2D eigenvalue weighted by atomic mass is 35.5. The Kier molecular flexibility index (Phi) is 21.5. The number of fused-ring (bicyclic) bond motifs is 10. The molecule has 7 aliphatic heterocycles. The zero-order valence-corrected chi connectivity index (χ0v) is 55.9. The van der Waals surface area contributed by atoms with Crippen LogP contribution in [0.5, 0.6) is 23.0 Å². The molecule has 0 spiro atoms. The second-order valence-electron chi connectivity index (χ2n) is 26.0. The second kappa shape index (κ2) is 30.4. The number of phenolic OH excluding ortho intramolecular Hbond substituents is 2. The van der Waals surface area contributed by atoms with Crippen molar-refractivity contribution in [3.05, 3.63) is 131 Å². The van der Waals surface area contributed by atoms with Gasteiger partial charge in [0.05, 0.1) is 59.2 Å². The molecule has 0 bridgehead atoms. The third-order valence-electron chi connectivity index (χ3n) is 19.7. The third kappa shape index (κ3) is 14.2. The SMILES string of the molecule is C=CCOC(=O)N1c2cc(OCCCCCC(=O)N3C[C@@H](CCl)c4c3cc(O)c3ccccc43)c(C)cc2C(=O)N2CCCC[C@H]2[C@@H]1OC1CCCCO1.Cc1cc2c(cc1OCCCCCC(=O)N1C[C@@H](CCl)c3c1cc(O)c1ccccc31)N=C[C@@H]1CCCCN1C2=O. The molecule has 95 heavy (non-hydrogen) atoms. The van der Waals surface area contributed by atoms with Gasteiger partial charge in [0.1, 0.15) is 29.6 Å². The first-order chi connectivity index (χ1) is 46.3. The lowest BCUT2D eigenvalue weighted by Gasteiger charge is -2.42. The van der Waals surface area contributed by atoms with Crippen LogP contribution in [0.25, 0.3) is 21.5 Å². The number of ether oxygens (including phenoxy) is 5. The Balaban J connectivity index is 0.000000189. The Bertz CT molecular complexity index is 3890. The van der Waals surface area contributed by atoms with Gasteiger partial charge in [-0.25, -0.2) is 9.69 Å². The molecule has 1 unspecified atom stereocenters. The first-order valence-corrected chi connectivity index (χ1v) is 35.1. The minimum Gasteiger partial charge on any atom is -0.507 e. The van der Waals surface area contributed by atoms with Crippen LogP contribution in [0, 0.1) is 13.8 Å². The molecule has 0 aromatic heterocycles. The van der Waals surface area contributed by atoms with Crippen LogP contribution < -0.4 is 24.2 Å². The van der Waals surface area contributed by atoms with E-state index in [9.17, 15) is 34.2 Å². The molecule has 0 radical (unpaired) electrons. The number of hydrogen-bond acceptors (Lipinski definition) is 13. The van der Waals surface area contributed by atoms with Gasteiger partial charge in [-0.15, -0.1) is 23.2 Å². The number of phenols is 2. The second-order valence-corrected chi connectivity index (χ2v) is 26.6. The Morgan fingerprint density at radius 1 is 0.642 bits per heavy atom. The summed E-state index contributed by atoms with van der Waals surface area (Å²) in [6, 6.07) is 25.9. The van der Waals surface area contributed by atoms with E-state index in [-0.39, 0.29) is 65.7 Å². The average molecular weight is 1330 g/mol. The number of anilines is 3. The number of amides is 5. The Morgan fingerprint density at radius 3 is 1.77 bits per heavy atom. The number of unbranched alkanes of at least 4 members (excludes halogenated alkanes) is 4. The molecular weight excluding hydrogens is 1250 g/mol. The molecule has 13 rings (SSSR count).